The predicted molar refractivity (Wildman–Crippen MR) is 112 cm³/mol. The third-order valence-electron chi connectivity index (χ3n) is 4.96. The number of hydrogen-bond acceptors (Lipinski definition) is 5. The third-order valence-corrected chi connectivity index (χ3v) is 7.47. The van der Waals surface area contributed by atoms with Crippen LogP contribution in [0.4, 0.5) is 10.7 Å². The molecule has 1 aliphatic carbocycles. The normalized spacial score (nSPS) is 22.5. The second kappa shape index (κ2) is 11.0. The van der Waals surface area contributed by atoms with Gasteiger partial charge in [-0.05, 0) is 32.8 Å². The molecule has 0 bridgehead atoms. The zero-order chi connectivity index (χ0) is 20.6. The highest BCUT2D eigenvalue weighted by atomic mass is 35.5. The van der Waals surface area contributed by atoms with E-state index in [9.17, 15) is 13.2 Å². The Morgan fingerprint density at radius 3 is 2.04 bits per heavy atom. The number of hydrogen-bond donors (Lipinski definition) is 2. The van der Waals surface area contributed by atoms with Crippen molar-refractivity contribution in [1.82, 2.24) is 14.7 Å². The van der Waals surface area contributed by atoms with Gasteiger partial charge in [0.05, 0.1) is 10.6 Å². The van der Waals surface area contributed by atoms with Gasteiger partial charge in [0.15, 0.2) is 0 Å². The Kier molecular flexibility index (Phi) is 8.95. The van der Waals surface area contributed by atoms with E-state index >= 15 is 0 Å². The SMILES string of the molecule is Cc1cc(C)nc(NC(=O)NS(=O)(=O)C2CCCCCCCCCCC2Cl)n1. The van der Waals surface area contributed by atoms with E-state index in [0.717, 1.165) is 38.5 Å². The number of nitrogens with one attached hydrogen (secondary N) is 2. The number of nitrogens with zero attached hydrogens (tertiary/aromatic N) is 2. The number of rotatable bonds is 3. The van der Waals surface area contributed by atoms with Crippen molar-refractivity contribution in [2.45, 2.75) is 88.7 Å². The van der Waals surface area contributed by atoms with Crippen molar-refractivity contribution >= 4 is 33.6 Å². The van der Waals surface area contributed by atoms with Gasteiger partial charge < -0.3 is 0 Å². The van der Waals surface area contributed by atoms with Gasteiger partial charge in [0.25, 0.3) is 0 Å². The zero-order valence-corrected chi connectivity index (χ0v) is 18.3. The number of anilines is 1. The minimum atomic E-state index is -3.91. The summed E-state index contributed by atoms with van der Waals surface area (Å²) < 4.78 is 27.8. The number of alkyl halides is 1. The van der Waals surface area contributed by atoms with Crippen molar-refractivity contribution in [3.8, 4) is 0 Å². The summed E-state index contributed by atoms with van der Waals surface area (Å²) in [7, 11) is -3.91. The molecule has 2 unspecified atom stereocenters. The Balaban J connectivity index is 2.04. The summed E-state index contributed by atoms with van der Waals surface area (Å²) in [5, 5.41) is 1.10. The van der Waals surface area contributed by atoms with E-state index in [-0.39, 0.29) is 5.95 Å². The van der Waals surface area contributed by atoms with E-state index in [1.165, 1.54) is 12.8 Å². The molecule has 2 amide bonds. The van der Waals surface area contributed by atoms with Crippen LogP contribution >= 0.6 is 11.6 Å². The molecule has 2 N–H and O–H groups in total. The molecule has 7 nitrogen and oxygen atoms in total. The molecule has 158 valence electrons. The van der Waals surface area contributed by atoms with Gasteiger partial charge in [0.1, 0.15) is 0 Å². The van der Waals surface area contributed by atoms with Gasteiger partial charge in [-0.15, -0.1) is 11.6 Å². The standard InChI is InChI=1S/C19H31ClN4O3S/c1-14-13-15(2)22-18(21-14)23-19(25)24-28(26,27)17-12-10-8-6-4-3-5-7-9-11-16(17)20/h13,16-17H,3-12H2,1-2H3,(H2,21,22,23,24,25). The van der Waals surface area contributed by atoms with Gasteiger partial charge in [-0.3, -0.25) is 5.32 Å². The maximum atomic E-state index is 12.9. The molecule has 1 saturated carbocycles. The number of urea groups is 1. The summed E-state index contributed by atoms with van der Waals surface area (Å²) in [6.07, 6.45) is 9.53. The van der Waals surface area contributed by atoms with Crippen LogP contribution in [0, 0.1) is 13.8 Å². The minimum absolute atomic E-state index is 0.0753. The molecule has 0 aromatic carbocycles. The number of halogens is 1. The van der Waals surface area contributed by atoms with Gasteiger partial charge in [-0.1, -0.05) is 51.4 Å². The summed E-state index contributed by atoms with van der Waals surface area (Å²) in [6.45, 7) is 3.55. The average molecular weight is 431 g/mol. The Morgan fingerprint density at radius 2 is 1.46 bits per heavy atom. The third kappa shape index (κ3) is 7.54. The molecule has 0 radical (unpaired) electrons. The van der Waals surface area contributed by atoms with Crippen molar-refractivity contribution in [2.75, 3.05) is 5.32 Å². The molecule has 2 rings (SSSR count). The van der Waals surface area contributed by atoms with E-state index in [2.05, 4.69) is 20.0 Å². The van der Waals surface area contributed by atoms with Crippen LogP contribution in [0.15, 0.2) is 6.07 Å². The lowest BCUT2D eigenvalue weighted by Gasteiger charge is -2.23. The van der Waals surface area contributed by atoms with Crippen LogP contribution in [0.1, 0.15) is 75.6 Å². The van der Waals surface area contributed by atoms with Crippen LogP contribution in [0.2, 0.25) is 0 Å². The van der Waals surface area contributed by atoms with Gasteiger partial charge in [-0.25, -0.2) is 27.9 Å². The predicted octanol–water partition coefficient (Wildman–Crippen LogP) is 4.44. The molecule has 2 atom stereocenters. The van der Waals surface area contributed by atoms with Crippen molar-refractivity contribution in [3.63, 3.8) is 0 Å². The Morgan fingerprint density at radius 1 is 0.964 bits per heavy atom. The first-order valence-corrected chi connectivity index (χ1v) is 12.0. The number of amides is 2. The summed E-state index contributed by atoms with van der Waals surface area (Å²) in [4.78, 5) is 20.4. The second-order valence-corrected chi connectivity index (χ2v) is 10.00. The molecule has 1 fully saturated rings. The maximum absolute atomic E-state index is 12.9. The molecule has 1 aliphatic rings. The van der Waals surface area contributed by atoms with Gasteiger partial charge in [0, 0.05) is 11.4 Å². The van der Waals surface area contributed by atoms with Crippen molar-refractivity contribution < 1.29 is 13.2 Å². The van der Waals surface area contributed by atoms with Crippen molar-refractivity contribution in [2.24, 2.45) is 0 Å². The molecule has 1 heterocycles. The number of sulfonamides is 1. The first-order chi connectivity index (χ1) is 13.3. The highest BCUT2D eigenvalue weighted by Crippen LogP contribution is 2.25. The van der Waals surface area contributed by atoms with E-state index in [1.54, 1.807) is 19.9 Å². The Bertz CT molecular complexity index is 737. The number of carbonyl (C=O) groups is 1. The van der Waals surface area contributed by atoms with Crippen LogP contribution in [0.25, 0.3) is 0 Å². The Labute approximate surface area is 173 Å². The fourth-order valence-electron chi connectivity index (χ4n) is 3.58. The topological polar surface area (TPSA) is 101 Å². The molecule has 0 saturated heterocycles. The lowest BCUT2D eigenvalue weighted by atomic mass is 10.0. The molecule has 1 aromatic heterocycles. The van der Waals surface area contributed by atoms with E-state index in [1.807, 2.05) is 0 Å². The fraction of sp³-hybridized carbons (Fsp3) is 0.737. The van der Waals surface area contributed by atoms with Gasteiger partial charge in [0.2, 0.25) is 16.0 Å². The van der Waals surface area contributed by atoms with Crippen molar-refractivity contribution in [1.29, 1.82) is 0 Å². The summed E-state index contributed by atoms with van der Waals surface area (Å²) in [5.41, 5.74) is 1.37. The minimum Gasteiger partial charge on any atom is -0.275 e. The van der Waals surface area contributed by atoms with Crippen LogP contribution in [-0.2, 0) is 10.0 Å². The number of aromatic nitrogens is 2. The first kappa shape index (κ1) is 22.9. The van der Waals surface area contributed by atoms with Crippen molar-refractivity contribution in [3.05, 3.63) is 17.5 Å². The fourth-order valence-corrected chi connectivity index (χ4v) is 5.72. The molecular weight excluding hydrogens is 400 g/mol. The number of aryl methyl sites for hydroxylation is 2. The lowest BCUT2D eigenvalue weighted by molar-refractivity contribution is 0.256. The zero-order valence-electron chi connectivity index (χ0n) is 16.7. The lowest BCUT2D eigenvalue weighted by Crippen LogP contribution is -2.44. The monoisotopic (exact) mass is 430 g/mol. The van der Waals surface area contributed by atoms with Crippen LogP contribution in [0.5, 0.6) is 0 Å². The molecule has 28 heavy (non-hydrogen) atoms. The average Bonchev–Trinajstić information content (AvgIpc) is 2.56. The highest BCUT2D eigenvalue weighted by Gasteiger charge is 2.33. The van der Waals surface area contributed by atoms with Gasteiger partial charge >= 0.3 is 6.03 Å². The van der Waals surface area contributed by atoms with Crippen LogP contribution in [0.3, 0.4) is 0 Å². The quantitative estimate of drug-likeness (QED) is 0.690. The largest absolute Gasteiger partial charge is 0.335 e. The van der Waals surface area contributed by atoms with E-state index < -0.39 is 26.7 Å². The van der Waals surface area contributed by atoms with Crippen LogP contribution in [-0.4, -0.2) is 35.0 Å². The van der Waals surface area contributed by atoms with E-state index in [4.69, 9.17) is 11.6 Å². The first-order valence-electron chi connectivity index (χ1n) is 10.1. The van der Waals surface area contributed by atoms with Crippen LogP contribution < -0.4 is 10.0 Å². The second-order valence-electron chi connectivity index (χ2n) is 7.54. The molecule has 0 spiro atoms. The van der Waals surface area contributed by atoms with E-state index in [0.29, 0.717) is 24.2 Å². The molecular formula is C19H31ClN4O3S. The molecule has 1 aromatic rings. The highest BCUT2D eigenvalue weighted by molar-refractivity contribution is 7.90. The molecule has 0 aliphatic heterocycles. The smallest absolute Gasteiger partial charge is 0.275 e. The van der Waals surface area contributed by atoms with Gasteiger partial charge in [-0.2, -0.15) is 0 Å². The molecule has 9 heteroatoms. The maximum Gasteiger partial charge on any atom is 0.335 e. The summed E-state index contributed by atoms with van der Waals surface area (Å²) in [6, 6.07) is 0.906. The summed E-state index contributed by atoms with van der Waals surface area (Å²) >= 11 is 6.47. The number of carbonyl (C=O) groups excluding carboxylic acids is 1. The Hall–Kier alpha value is -1.41. The summed E-state index contributed by atoms with van der Waals surface area (Å²) in [5.74, 6) is 0.0753.